The van der Waals surface area contributed by atoms with E-state index in [2.05, 4.69) is 24.8 Å². The average molecular weight is 480 g/mol. The van der Waals surface area contributed by atoms with E-state index >= 15 is 0 Å². The number of anilines is 1. The monoisotopic (exact) mass is 480 g/mol. The third kappa shape index (κ3) is 3.70. The largest absolute Gasteiger partial charge is 0.370 e. The molecule has 6 nitrogen and oxygen atoms in total. The minimum atomic E-state index is -0.989. The number of halogens is 4. The normalized spacial score (nSPS) is 14.9. The summed E-state index contributed by atoms with van der Waals surface area (Å²) in [5, 5.41) is 0.683. The lowest BCUT2D eigenvalue weighted by atomic mass is 9.98. The van der Waals surface area contributed by atoms with Gasteiger partial charge in [-0.2, -0.15) is 0 Å². The number of hydrogen-bond donors (Lipinski definition) is 3. The van der Waals surface area contributed by atoms with E-state index in [1.165, 1.54) is 12.1 Å². The fourth-order valence-electron chi connectivity index (χ4n) is 4.77. The van der Waals surface area contributed by atoms with Crippen molar-refractivity contribution >= 4 is 27.8 Å². The Morgan fingerprint density at radius 2 is 1.63 bits per heavy atom. The molecule has 0 radical (unpaired) electrons. The summed E-state index contributed by atoms with van der Waals surface area (Å²) in [5.41, 5.74) is 9.55. The zero-order valence-electron chi connectivity index (χ0n) is 18.4. The summed E-state index contributed by atoms with van der Waals surface area (Å²) in [6.45, 7) is 1.29. The molecule has 3 aromatic heterocycles. The van der Waals surface area contributed by atoms with E-state index in [9.17, 15) is 17.6 Å². The lowest BCUT2D eigenvalue weighted by Gasteiger charge is -2.34. The summed E-state index contributed by atoms with van der Waals surface area (Å²) in [5.74, 6) is -2.97. The van der Waals surface area contributed by atoms with Crippen molar-refractivity contribution in [1.82, 2.24) is 19.9 Å². The lowest BCUT2D eigenvalue weighted by Crippen LogP contribution is -2.40. The smallest absolute Gasteiger partial charge is 0.161 e. The molecule has 178 valence electrons. The van der Waals surface area contributed by atoms with Crippen LogP contribution in [0.2, 0.25) is 0 Å². The molecule has 0 amide bonds. The van der Waals surface area contributed by atoms with Crippen LogP contribution in [0, 0.1) is 23.3 Å². The van der Waals surface area contributed by atoms with Gasteiger partial charge in [-0.3, -0.25) is 0 Å². The number of nitrogens with zero attached hydrogens (tertiary/aromatic N) is 3. The summed E-state index contributed by atoms with van der Waals surface area (Å²) >= 11 is 0. The fourth-order valence-corrected chi connectivity index (χ4v) is 4.77. The predicted octanol–water partition coefficient (Wildman–Crippen LogP) is 5.26. The molecule has 1 saturated heterocycles. The van der Waals surface area contributed by atoms with Gasteiger partial charge in [0.2, 0.25) is 0 Å². The molecule has 0 aliphatic carbocycles. The van der Waals surface area contributed by atoms with Gasteiger partial charge in [0.25, 0.3) is 0 Å². The van der Waals surface area contributed by atoms with Gasteiger partial charge in [0.1, 0.15) is 23.1 Å². The molecule has 35 heavy (non-hydrogen) atoms. The molecule has 0 spiro atoms. The zero-order chi connectivity index (χ0) is 24.3. The molecule has 4 N–H and O–H groups in total. The van der Waals surface area contributed by atoms with Crippen LogP contribution in [-0.4, -0.2) is 39.1 Å². The Hall–Kier alpha value is -3.92. The number of nitrogens with one attached hydrogen (secondary N) is 2. The Bertz CT molecular complexity index is 1520. The van der Waals surface area contributed by atoms with Gasteiger partial charge in [-0.15, -0.1) is 0 Å². The van der Waals surface area contributed by atoms with Crippen LogP contribution in [0.5, 0.6) is 0 Å². The summed E-state index contributed by atoms with van der Waals surface area (Å²) in [6.07, 6.45) is 4.80. The molecule has 1 aliphatic heterocycles. The third-order valence-electron chi connectivity index (χ3n) is 6.48. The molecule has 6 rings (SSSR count). The van der Waals surface area contributed by atoms with Gasteiger partial charge < -0.3 is 20.6 Å². The van der Waals surface area contributed by atoms with Gasteiger partial charge in [-0.1, -0.05) is 0 Å². The van der Waals surface area contributed by atoms with E-state index in [0.29, 0.717) is 52.2 Å². The first-order valence-electron chi connectivity index (χ1n) is 11.2. The van der Waals surface area contributed by atoms with Gasteiger partial charge in [-0.05, 0) is 30.5 Å². The number of imidazole rings is 1. The molecular weight excluding hydrogens is 460 g/mol. The van der Waals surface area contributed by atoms with Crippen LogP contribution < -0.4 is 10.6 Å². The van der Waals surface area contributed by atoms with Gasteiger partial charge in [-0.25, -0.2) is 27.5 Å². The number of nitrogens with two attached hydrogens (primary N) is 1. The summed E-state index contributed by atoms with van der Waals surface area (Å²) < 4.78 is 55.8. The molecule has 10 heteroatoms. The van der Waals surface area contributed by atoms with Crippen LogP contribution in [0.4, 0.5) is 23.2 Å². The van der Waals surface area contributed by atoms with Crippen molar-refractivity contribution in [2.45, 2.75) is 18.9 Å². The number of pyridine rings is 1. The Kier molecular flexibility index (Phi) is 4.99. The van der Waals surface area contributed by atoms with E-state index in [4.69, 9.17) is 5.73 Å². The summed E-state index contributed by atoms with van der Waals surface area (Å²) in [4.78, 5) is 17.3. The van der Waals surface area contributed by atoms with Gasteiger partial charge in [0.05, 0.1) is 22.1 Å². The van der Waals surface area contributed by atoms with Crippen LogP contribution in [0.3, 0.4) is 0 Å². The maximum atomic E-state index is 14.1. The summed E-state index contributed by atoms with van der Waals surface area (Å²) in [6, 6.07) is 5.52. The number of hydrogen-bond acceptors (Lipinski definition) is 4. The second kappa shape index (κ2) is 8.09. The highest BCUT2D eigenvalue weighted by Crippen LogP contribution is 2.42. The molecular formula is C25H20F4N6. The lowest BCUT2D eigenvalue weighted by molar-refractivity contribution is 0.502. The van der Waals surface area contributed by atoms with Crippen molar-refractivity contribution in [1.29, 1.82) is 0 Å². The van der Waals surface area contributed by atoms with Crippen molar-refractivity contribution in [2.75, 3.05) is 18.0 Å². The quantitative estimate of drug-likeness (QED) is 0.308. The Labute approximate surface area is 196 Å². The first-order valence-corrected chi connectivity index (χ1v) is 11.2. The van der Waals surface area contributed by atoms with Crippen LogP contribution in [0.25, 0.3) is 44.6 Å². The topological polar surface area (TPSA) is 86.6 Å². The van der Waals surface area contributed by atoms with Gasteiger partial charge in [0.15, 0.2) is 11.6 Å². The Morgan fingerprint density at radius 1 is 0.914 bits per heavy atom. The average Bonchev–Trinajstić information content (AvgIpc) is 3.42. The maximum absolute atomic E-state index is 14.1. The number of piperidine rings is 1. The molecule has 1 aliphatic rings. The van der Waals surface area contributed by atoms with Crippen molar-refractivity contribution in [2.24, 2.45) is 5.73 Å². The Balaban J connectivity index is 1.61. The molecule has 4 heterocycles. The van der Waals surface area contributed by atoms with Crippen LogP contribution in [0.15, 0.2) is 42.7 Å². The van der Waals surface area contributed by atoms with Crippen LogP contribution >= 0.6 is 0 Å². The highest BCUT2D eigenvalue weighted by molar-refractivity contribution is 6.07. The van der Waals surface area contributed by atoms with E-state index in [1.54, 1.807) is 12.4 Å². The highest BCUT2D eigenvalue weighted by atomic mass is 19.2. The minimum absolute atomic E-state index is 0.0736. The predicted molar refractivity (Wildman–Crippen MR) is 126 cm³/mol. The second-order valence-corrected chi connectivity index (χ2v) is 8.80. The molecule has 1 fully saturated rings. The third-order valence-corrected chi connectivity index (χ3v) is 6.48. The van der Waals surface area contributed by atoms with E-state index in [-0.39, 0.29) is 11.6 Å². The fraction of sp³-hybridized carbons (Fsp3) is 0.200. The summed E-state index contributed by atoms with van der Waals surface area (Å²) in [7, 11) is 0. The molecule has 0 saturated carbocycles. The number of fused-ring (bicyclic) bond motifs is 2. The van der Waals surface area contributed by atoms with Crippen LogP contribution in [0.1, 0.15) is 12.8 Å². The van der Waals surface area contributed by atoms with Crippen LogP contribution in [-0.2, 0) is 0 Å². The van der Waals surface area contributed by atoms with E-state index in [0.717, 1.165) is 36.7 Å². The van der Waals surface area contributed by atoms with E-state index < -0.39 is 23.3 Å². The number of benzene rings is 2. The molecule has 0 atom stereocenters. The Morgan fingerprint density at radius 3 is 2.37 bits per heavy atom. The molecule has 0 bridgehead atoms. The number of aromatic nitrogens is 4. The zero-order valence-corrected chi connectivity index (χ0v) is 18.4. The first kappa shape index (κ1) is 21.6. The SMILES string of the molecule is NC1CCN(c2c(-c3cc(F)cc(F)c3)cnc3[nH]cc(-c4nc5cc(F)c(F)cc5[nH]4)c23)CC1. The second-order valence-electron chi connectivity index (χ2n) is 8.80. The number of aromatic amines is 2. The van der Waals surface area contributed by atoms with Gasteiger partial charge in [0, 0.05) is 60.9 Å². The maximum Gasteiger partial charge on any atom is 0.161 e. The number of H-pyrrole nitrogens is 2. The van der Waals surface area contributed by atoms with Crippen molar-refractivity contribution in [3.8, 4) is 22.5 Å². The molecule has 5 aromatic rings. The standard InChI is InChI=1S/C25H20F4N6/c26-13-5-12(6-14(27)7-13)16-10-31-25-22(23(16)35-3-1-15(30)2-4-35)17(11-32-25)24-33-20-8-18(28)19(29)9-21(20)34-24/h5-11,15H,1-4,30H2,(H,31,32)(H,33,34). The van der Waals surface area contributed by atoms with Crippen molar-refractivity contribution in [3.05, 3.63) is 66.0 Å². The number of rotatable bonds is 3. The highest BCUT2D eigenvalue weighted by Gasteiger charge is 2.26. The van der Waals surface area contributed by atoms with Crippen molar-refractivity contribution < 1.29 is 17.6 Å². The molecule has 0 unspecified atom stereocenters. The van der Waals surface area contributed by atoms with Gasteiger partial charge >= 0.3 is 0 Å². The van der Waals surface area contributed by atoms with E-state index in [1.807, 2.05) is 0 Å². The van der Waals surface area contributed by atoms with Crippen molar-refractivity contribution in [3.63, 3.8) is 0 Å². The molecule has 2 aromatic carbocycles. The minimum Gasteiger partial charge on any atom is -0.370 e. The first-order chi connectivity index (χ1) is 16.9.